The number of hydrogen-bond donors (Lipinski definition) is 2. The summed E-state index contributed by atoms with van der Waals surface area (Å²) in [4.78, 5) is -0.413. The van der Waals surface area contributed by atoms with Gasteiger partial charge in [-0.1, -0.05) is 15.9 Å². The van der Waals surface area contributed by atoms with Gasteiger partial charge in [0.25, 0.3) is 0 Å². The molecule has 1 rings (SSSR count). The van der Waals surface area contributed by atoms with Gasteiger partial charge in [-0.15, -0.1) is 0 Å². The van der Waals surface area contributed by atoms with Gasteiger partial charge in [-0.05, 0) is 38.2 Å². The third-order valence-electron chi connectivity index (χ3n) is 2.40. The second-order valence-corrected chi connectivity index (χ2v) is 6.71. The predicted molar refractivity (Wildman–Crippen MR) is 72.9 cm³/mol. The highest BCUT2D eigenvalue weighted by Gasteiger charge is 2.32. The summed E-state index contributed by atoms with van der Waals surface area (Å²) in [6, 6.07) is 2.58. The van der Waals surface area contributed by atoms with E-state index >= 15 is 0 Å². The van der Waals surface area contributed by atoms with Crippen LogP contribution in [0.25, 0.3) is 0 Å². The second kappa shape index (κ2) is 6.88. The highest BCUT2D eigenvalue weighted by atomic mass is 79.9. The number of sulfonamides is 1. The van der Waals surface area contributed by atoms with Gasteiger partial charge >= 0.3 is 6.18 Å². The van der Waals surface area contributed by atoms with Crippen LogP contribution in [0.4, 0.5) is 13.2 Å². The molecule has 0 atom stereocenters. The minimum atomic E-state index is -4.60. The topological polar surface area (TPSA) is 58.2 Å². The van der Waals surface area contributed by atoms with E-state index in [1.165, 1.54) is 0 Å². The molecule has 9 heteroatoms. The maximum absolute atomic E-state index is 12.6. The molecule has 0 aliphatic heterocycles. The number of benzene rings is 1. The Hall–Kier alpha value is -0.640. The zero-order valence-electron chi connectivity index (χ0n) is 10.6. The summed E-state index contributed by atoms with van der Waals surface area (Å²) in [6.45, 7) is 0.756. The first-order chi connectivity index (χ1) is 9.16. The van der Waals surface area contributed by atoms with Gasteiger partial charge in [-0.25, -0.2) is 13.1 Å². The van der Waals surface area contributed by atoms with E-state index in [-0.39, 0.29) is 11.0 Å². The molecule has 0 spiro atoms. The molecule has 0 amide bonds. The summed E-state index contributed by atoms with van der Waals surface area (Å²) in [6.07, 6.45) is -4.06. The first kappa shape index (κ1) is 17.4. The molecule has 0 heterocycles. The molecule has 0 bridgehead atoms. The fourth-order valence-corrected chi connectivity index (χ4v) is 3.23. The summed E-state index contributed by atoms with van der Waals surface area (Å²) in [5, 5.41) is 2.84. The van der Waals surface area contributed by atoms with Gasteiger partial charge in [0.1, 0.15) is 0 Å². The monoisotopic (exact) mass is 374 g/mol. The lowest BCUT2D eigenvalue weighted by atomic mass is 10.2. The van der Waals surface area contributed by atoms with E-state index in [0.717, 1.165) is 12.1 Å². The van der Waals surface area contributed by atoms with E-state index in [2.05, 4.69) is 26.0 Å². The Balaban J connectivity index is 2.98. The highest BCUT2D eigenvalue weighted by Crippen LogP contribution is 2.33. The van der Waals surface area contributed by atoms with Crippen LogP contribution in [-0.2, 0) is 16.2 Å². The van der Waals surface area contributed by atoms with Crippen molar-refractivity contribution in [2.75, 3.05) is 20.1 Å². The Bertz CT molecular complexity index is 561. The smallest absolute Gasteiger partial charge is 0.320 e. The zero-order chi connectivity index (χ0) is 15.4. The summed E-state index contributed by atoms with van der Waals surface area (Å²) >= 11 is 2.89. The van der Waals surface area contributed by atoms with Crippen LogP contribution >= 0.6 is 15.9 Å². The van der Waals surface area contributed by atoms with Crippen LogP contribution in [0.3, 0.4) is 0 Å². The molecule has 0 unspecified atom stereocenters. The van der Waals surface area contributed by atoms with Crippen molar-refractivity contribution in [1.29, 1.82) is 0 Å². The van der Waals surface area contributed by atoms with E-state index in [1.54, 1.807) is 7.05 Å². The lowest BCUT2D eigenvalue weighted by Gasteiger charge is -2.11. The Morgan fingerprint density at radius 1 is 1.20 bits per heavy atom. The fourth-order valence-electron chi connectivity index (χ4n) is 1.44. The molecule has 1 aromatic rings. The molecule has 20 heavy (non-hydrogen) atoms. The maximum Gasteiger partial charge on any atom is 0.416 e. The van der Waals surface area contributed by atoms with Crippen LogP contribution in [0.2, 0.25) is 0 Å². The Morgan fingerprint density at radius 3 is 2.40 bits per heavy atom. The predicted octanol–water partition coefficient (Wildman–Crippen LogP) is 2.36. The van der Waals surface area contributed by atoms with Gasteiger partial charge in [0, 0.05) is 11.0 Å². The Kier molecular flexibility index (Phi) is 5.99. The zero-order valence-corrected chi connectivity index (χ0v) is 13.0. The SMILES string of the molecule is CNCCCNS(=O)(=O)c1cc(Br)cc(C(F)(F)F)c1. The van der Waals surface area contributed by atoms with E-state index in [9.17, 15) is 21.6 Å². The van der Waals surface area contributed by atoms with Crippen LogP contribution in [0.1, 0.15) is 12.0 Å². The normalized spacial score (nSPS) is 12.7. The van der Waals surface area contributed by atoms with Crippen molar-refractivity contribution in [3.63, 3.8) is 0 Å². The van der Waals surface area contributed by atoms with E-state index in [4.69, 9.17) is 0 Å². The highest BCUT2D eigenvalue weighted by molar-refractivity contribution is 9.10. The van der Waals surface area contributed by atoms with Crippen molar-refractivity contribution in [3.8, 4) is 0 Å². The van der Waals surface area contributed by atoms with Crippen LogP contribution in [0, 0.1) is 0 Å². The van der Waals surface area contributed by atoms with Crippen molar-refractivity contribution >= 4 is 26.0 Å². The molecule has 0 radical (unpaired) electrons. The lowest BCUT2D eigenvalue weighted by molar-refractivity contribution is -0.137. The molecule has 114 valence electrons. The molecule has 0 aliphatic rings. The fraction of sp³-hybridized carbons (Fsp3) is 0.455. The van der Waals surface area contributed by atoms with Crippen molar-refractivity contribution in [3.05, 3.63) is 28.2 Å². The lowest BCUT2D eigenvalue weighted by Crippen LogP contribution is -2.27. The van der Waals surface area contributed by atoms with Crippen LogP contribution < -0.4 is 10.0 Å². The molecule has 0 aliphatic carbocycles. The summed E-state index contributed by atoms with van der Waals surface area (Å²) in [7, 11) is -2.23. The summed E-state index contributed by atoms with van der Waals surface area (Å²) in [5.74, 6) is 0. The Morgan fingerprint density at radius 2 is 1.85 bits per heavy atom. The number of hydrogen-bond acceptors (Lipinski definition) is 3. The molecule has 0 saturated carbocycles. The molecule has 0 fully saturated rings. The number of halogens is 4. The van der Waals surface area contributed by atoms with Crippen LogP contribution in [0.5, 0.6) is 0 Å². The van der Waals surface area contributed by atoms with Gasteiger partial charge in [-0.3, -0.25) is 0 Å². The van der Waals surface area contributed by atoms with Crippen molar-refractivity contribution in [2.24, 2.45) is 0 Å². The third kappa shape index (κ3) is 5.04. The average molecular weight is 375 g/mol. The van der Waals surface area contributed by atoms with E-state index < -0.39 is 26.7 Å². The first-order valence-corrected chi connectivity index (χ1v) is 7.96. The number of alkyl halides is 3. The molecule has 0 aromatic heterocycles. The quantitative estimate of drug-likeness (QED) is 0.751. The molecular weight excluding hydrogens is 361 g/mol. The van der Waals surface area contributed by atoms with Crippen molar-refractivity contribution < 1.29 is 21.6 Å². The van der Waals surface area contributed by atoms with Gasteiger partial charge < -0.3 is 5.32 Å². The largest absolute Gasteiger partial charge is 0.416 e. The van der Waals surface area contributed by atoms with Crippen molar-refractivity contribution in [2.45, 2.75) is 17.5 Å². The molecule has 0 saturated heterocycles. The summed E-state index contributed by atoms with van der Waals surface area (Å²) in [5.41, 5.74) is -1.01. The third-order valence-corrected chi connectivity index (χ3v) is 4.30. The minimum Gasteiger partial charge on any atom is -0.320 e. The van der Waals surface area contributed by atoms with Gasteiger partial charge in [0.15, 0.2) is 0 Å². The molecule has 1 aromatic carbocycles. The Labute approximate surface area is 123 Å². The maximum atomic E-state index is 12.6. The standard InChI is InChI=1S/C11H14BrF3N2O2S/c1-16-3-2-4-17-20(18,19)10-6-8(11(13,14)15)5-9(12)7-10/h5-7,16-17H,2-4H2,1H3. The van der Waals surface area contributed by atoms with Crippen LogP contribution in [0.15, 0.2) is 27.6 Å². The molecular formula is C11H14BrF3N2O2S. The van der Waals surface area contributed by atoms with Crippen molar-refractivity contribution in [1.82, 2.24) is 10.0 Å². The second-order valence-electron chi connectivity index (χ2n) is 4.03. The summed E-state index contributed by atoms with van der Waals surface area (Å²) < 4.78 is 64.1. The van der Waals surface area contributed by atoms with Crippen LogP contribution in [-0.4, -0.2) is 28.6 Å². The van der Waals surface area contributed by atoms with Gasteiger partial charge in [0.05, 0.1) is 10.5 Å². The average Bonchev–Trinajstić information content (AvgIpc) is 2.33. The van der Waals surface area contributed by atoms with Gasteiger partial charge in [-0.2, -0.15) is 13.2 Å². The van der Waals surface area contributed by atoms with E-state index in [1.807, 2.05) is 0 Å². The molecule has 4 nitrogen and oxygen atoms in total. The minimum absolute atomic E-state index is 0.0583. The molecule has 2 N–H and O–H groups in total. The number of rotatable bonds is 6. The van der Waals surface area contributed by atoms with E-state index in [0.29, 0.717) is 19.0 Å². The van der Waals surface area contributed by atoms with Gasteiger partial charge in [0.2, 0.25) is 10.0 Å². The number of nitrogens with one attached hydrogen (secondary N) is 2. The first-order valence-electron chi connectivity index (χ1n) is 5.69.